The van der Waals surface area contributed by atoms with Gasteiger partial charge in [0.1, 0.15) is 17.5 Å². The van der Waals surface area contributed by atoms with Gasteiger partial charge in [0, 0.05) is 31.6 Å². The van der Waals surface area contributed by atoms with Crippen LogP contribution in [-0.2, 0) is 6.42 Å². The Bertz CT molecular complexity index is 403. The fourth-order valence-electron chi connectivity index (χ4n) is 2.05. The Balaban J connectivity index is 3.19. The normalized spacial score (nSPS) is 12.3. The Morgan fingerprint density at radius 1 is 1.21 bits per heavy atom. The molecule has 4 heteroatoms. The highest BCUT2D eigenvalue weighted by Crippen LogP contribution is 2.25. The zero-order chi connectivity index (χ0) is 14.4. The van der Waals surface area contributed by atoms with Crippen LogP contribution in [0, 0.1) is 6.92 Å². The Kier molecular flexibility index (Phi) is 6.06. The first kappa shape index (κ1) is 15.7. The molecule has 19 heavy (non-hydrogen) atoms. The van der Waals surface area contributed by atoms with Crippen LogP contribution in [0.15, 0.2) is 0 Å². The number of rotatable bonds is 7. The van der Waals surface area contributed by atoms with E-state index in [4.69, 9.17) is 4.98 Å². The molecule has 0 aliphatic heterocycles. The summed E-state index contributed by atoms with van der Waals surface area (Å²) in [4.78, 5) is 11.6. The van der Waals surface area contributed by atoms with Crippen LogP contribution in [0.4, 0.5) is 11.6 Å². The van der Waals surface area contributed by atoms with Crippen LogP contribution in [-0.4, -0.2) is 29.6 Å². The predicted molar refractivity (Wildman–Crippen MR) is 83.1 cm³/mol. The molecule has 1 atom stereocenters. The average Bonchev–Trinajstić information content (AvgIpc) is 2.41. The van der Waals surface area contributed by atoms with E-state index in [1.165, 1.54) is 0 Å². The monoisotopic (exact) mass is 264 g/mol. The lowest BCUT2D eigenvalue weighted by Crippen LogP contribution is -2.30. The first-order valence-corrected chi connectivity index (χ1v) is 7.39. The predicted octanol–water partition coefficient (Wildman–Crippen LogP) is 3.40. The highest BCUT2D eigenvalue weighted by Gasteiger charge is 2.16. The summed E-state index contributed by atoms with van der Waals surface area (Å²) in [5.41, 5.74) is 1.14. The van der Waals surface area contributed by atoms with E-state index in [0.29, 0.717) is 6.04 Å². The molecular formula is C15H28N4. The molecule has 1 aromatic heterocycles. The van der Waals surface area contributed by atoms with Crippen molar-refractivity contribution in [3.05, 3.63) is 11.4 Å². The van der Waals surface area contributed by atoms with Gasteiger partial charge in [0.15, 0.2) is 0 Å². The third kappa shape index (κ3) is 3.82. The minimum absolute atomic E-state index is 0.484. The van der Waals surface area contributed by atoms with Gasteiger partial charge >= 0.3 is 0 Å². The fraction of sp³-hybridized carbons (Fsp3) is 0.733. The number of aromatic nitrogens is 2. The van der Waals surface area contributed by atoms with Gasteiger partial charge in [-0.2, -0.15) is 0 Å². The number of hydrogen-bond donors (Lipinski definition) is 1. The lowest BCUT2D eigenvalue weighted by Gasteiger charge is -2.27. The Labute approximate surface area is 117 Å². The molecule has 0 saturated carbocycles. The van der Waals surface area contributed by atoms with E-state index in [1.54, 1.807) is 0 Å². The largest absolute Gasteiger partial charge is 0.370 e. The van der Waals surface area contributed by atoms with E-state index in [2.05, 4.69) is 56.9 Å². The third-order valence-corrected chi connectivity index (χ3v) is 3.57. The van der Waals surface area contributed by atoms with Gasteiger partial charge in [-0.25, -0.2) is 9.97 Å². The number of aryl methyl sites for hydroxylation is 1. The van der Waals surface area contributed by atoms with E-state index in [1.807, 2.05) is 0 Å². The highest BCUT2D eigenvalue weighted by molar-refractivity contribution is 5.58. The number of anilines is 2. The van der Waals surface area contributed by atoms with E-state index in [9.17, 15) is 0 Å². The minimum Gasteiger partial charge on any atom is -0.370 e. The molecule has 4 nitrogen and oxygen atoms in total. The Morgan fingerprint density at radius 2 is 1.89 bits per heavy atom. The molecule has 0 aliphatic rings. The zero-order valence-electron chi connectivity index (χ0n) is 13.2. The highest BCUT2D eigenvalue weighted by atomic mass is 15.2. The van der Waals surface area contributed by atoms with Crippen molar-refractivity contribution < 1.29 is 0 Å². The van der Waals surface area contributed by atoms with Gasteiger partial charge in [0.2, 0.25) is 0 Å². The summed E-state index contributed by atoms with van der Waals surface area (Å²) in [5, 5.41) is 3.35. The topological polar surface area (TPSA) is 41.1 Å². The van der Waals surface area contributed by atoms with Gasteiger partial charge in [0.25, 0.3) is 0 Å². The summed E-state index contributed by atoms with van der Waals surface area (Å²) in [5.74, 6) is 2.98. The second kappa shape index (κ2) is 7.31. The smallest absolute Gasteiger partial charge is 0.137 e. The van der Waals surface area contributed by atoms with Crippen LogP contribution in [0.5, 0.6) is 0 Å². The van der Waals surface area contributed by atoms with Gasteiger partial charge < -0.3 is 10.2 Å². The maximum atomic E-state index is 4.75. The number of nitrogens with zero attached hydrogens (tertiary/aromatic N) is 3. The standard InChI is InChI=1S/C15H28N4/c1-7-10-13-17-14(16-9-3)12(5)15(18-13)19(6)11(4)8-2/h11H,7-10H2,1-6H3,(H,16,17,18). The summed E-state index contributed by atoms with van der Waals surface area (Å²) < 4.78 is 0. The first-order valence-electron chi connectivity index (χ1n) is 7.39. The number of hydrogen-bond acceptors (Lipinski definition) is 4. The third-order valence-electron chi connectivity index (χ3n) is 3.57. The lowest BCUT2D eigenvalue weighted by molar-refractivity contribution is 0.651. The van der Waals surface area contributed by atoms with Crippen LogP contribution in [0.2, 0.25) is 0 Å². The van der Waals surface area contributed by atoms with Gasteiger partial charge in [-0.05, 0) is 33.6 Å². The minimum atomic E-state index is 0.484. The number of nitrogens with one attached hydrogen (secondary N) is 1. The maximum absolute atomic E-state index is 4.75. The molecule has 108 valence electrons. The van der Waals surface area contributed by atoms with Crippen LogP contribution in [0.1, 0.15) is 51.9 Å². The Hall–Kier alpha value is -1.32. The van der Waals surface area contributed by atoms with Crippen LogP contribution < -0.4 is 10.2 Å². The van der Waals surface area contributed by atoms with Crippen molar-refractivity contribution in [2.24, 2.45) is 0 Å². The van der Waals surface area contributed by atoms with Crippen LogP contribution in [0.25, 0.3) is 0 Å². The van der Waals surface area contributed by atoms with Gasteiger partial charge in [0.05, 0.1) is 0 Å². The van der Waals surface area contributed by atoms with Gasteiger partial charge in [-0.3, -0.25) is 0 Å². The van der Waals surface area contributed by atoms with Crippen LogP contribution in [0.3, 0.4) is 0 Å². The summed E-state index contributed by atoms with van der Waals surface area (Å²) in [6, 6.07) is 0.484. The lowest BCUT2D eigenvalue weighted by atomic mass is 10.2. The molecule has 0 spiro atoms. The Morgan fingerprint density at radius 3 is 2.42 bits per heavy atom. The molecule has 1 unspecified atom stereocenters. The van der Waals surface area contributed by atoms with Crippen molar-refractivity contribution in [3.63, 3.8) is 0 Å². The molecule has 0 saturated heterocycles. The summed E-state index contributed by atoms with van der Waals surface area (Å²) >= 11 is 0. The quantitative estimate of drug-likeness (QED) is 0.819. The van der Waals surface area contributed by atoms with Gasteiger partial charge in [-0.15, -0.1) is 0 Å². The average molecular weight is 264 g/mol. The second-order valence-electron chi connectivity index (χ2n) is 5.09. The van der Waals surface area contributed by atoms with Gasteiger partial charge in [-0.1, -0.05) is 13.8 Å². The van der Waals surface area contributed by atoms with Crippen molar-refractivity contribution in [2.45, 2.75) is 59.9 Å². The van der Waals surface area contributed by atoms with Crippen molar-refractivity contribution in [1.29, 1.82) is 0 Å². The molecule has 0 aliphatic carbocycles. The summed E-state index contributed by atoms with van der Waals surface area (Å²) in [7, 11) is 2.12. The van der Waals surface area contributed by atoms with Crippen molar-refractivity contribution in [2.75, 3.05) is 23.8 Å². The molecule has 0 amide bonds. The molecule has 1 heterocycles. The SMILES string of the molecule is CCCc1nc(NCC)c(C)c(N(C)C(C)CC)n1. The van der Waals surface area contributed by atoms with E-state index in [-0.39, 0.29) is 0 Å². The molecule has 0 fully saturated rings. The molecule has 0 aromatic carbocycles. The fourth-order valence-corrected chi connectivity index (χ4v) is 2.05. The zero-order valence-corrected chi connectivity index (χ0v) is 13.2. The first-order chi connectivity index (χ1) is 9.04. The molecule has 0 radical (unpaired) electrons. The van der Waals surface area contributed by atoms with Crippen LogP contribution >= 0.6 is 0 Å². The van der Waals surface area contributed by atoms with Crippen molar-refractivity contribution in [3.8, 4) is 0 Å². The summed E-state index contributed by atoms with van der Waals surface area (Å²) in [6.45, 7) is 11.7. The van der Waals surface area contributed by atoms with E-state index in [0.717, 1.165) is 48.8 Å². The molecular weight excluding hydrogens is 236 g/mol. The van der Waals surface area contributed by atoms with Crippen molar-refractivity contribution >= 4 is 11.6 Å². The summed E-state index contributed by atoms with van der Waals surface area (Å²) in [6.07, 6.45) is 3.11. The second-order valence-corrected chi connectivity index (χ2v) is 5.09. The molecule has 1 aromatic rings. The molecule has 1 rings (SSSR count). The van der Waals surface area contributed by atoms with Crippen molar-refractivity contribution in [1.82, 2.24) is 9.97 Å². The van der Waals surface area contributed by atoms with E-state index < -0.39 is 0 Å². The molecule has 1 N–H and O–H groups in total. The maximum Gasteiger partial charge on any atom is 0.137 e. The van der Waals surface area contributed by atoms with E-state index >= 15 is 0 Å². The molecule has 0 bridgehead atoms.